The number of halogens is 3. The Balaban J connectivity index is 1.53. The number of ketones is 1. The number of benzene rings is 2. The van der Waals surface area contributed by atoms with Crippen LogP contribution in [0.5, 0.6) is 0 Å². The van der Waals surface area contributed by atoms with Gasteiger partial charge >= 0.3 is 6.18 Å². The molecule has 1 aliphatic rings. The highest BCUT2D eigenvalue weighted by Crippen LogP contribution is 2.30. The molecule has 0 amide bonds. The van der Waals surface area contributed by atoms with E-state index in [4.69, 9.17) is 0 Å². The maximum atomic E-state index is 12.7. The minimum atomic E-state index is -4.30. The Morgan fingerprint density at radius 2 is 1.52 bits per heavy atom. The van der Waals surface area contributed by atoms with Crippen molar-refractivity contribution >= 4 is 11.5 Å². The molecule has 2 aromatic rings. The average Bonchev–Trinajstić information content (AvgIpc) is 2.68. The van der Waals surface area contributed by atoms with Gasteiger partial charge in [-0.2, -0.15) is 13.2 Å². The number of hydrogen-bond acceptors (Lipinski definition) is 3. The van der Waals surface area contributed by atoms with Crippen LogP contribution in [0.25, 0.3) is 0 Å². The smallest absolute Gasteiger partial charge is 0.369 e. The van der Waals surface area contributed by atoms with Crippen molar-refractivity contribution < 1.29 is 18.0 Å². The number of anilines is 1. The van der Waals surface area contributed by atoms with E-state index in [0.717, 1.165) is 61.7 Å². The highest BCUT2D eigenvalue weighted by molar-refractivity contribution is 5.95. The van der Waals surface area contributed by atoms with E-state index < -0.39 is 11.7 Å². The molecule has 0 unspecified atom stereocenters. The van der Waals surface area contributed by atoms with Crippen molar-refractivity contribution in [2.45, 2.75) is 26.1 Å². The molecule has 0 atom stereocenters. The van der Waals surface area contributed by atoms with Gasteiger partial charge in [-0.3, -0.25) is 9.69 Å². The lowest BCUT2D eigenvalue weighted by Crippen LogP contribution is -2.45. The topological polar surface area (TPSA) is 23.6 Å². The molecule has 0 N–H and O–H groups in total. The molecule has 27 heavy (non-hydrogen) atoms. The van der Waals surface area contributed by atoms with Gasteiger partial charge in [0.2, 0.25) is 0 Å². The molecular weight excluding hydrogens is 353 g/mol. The predicted molar refractivity (Wildman–Crippen MR) is 100.0 cm³/mol. The normalized spacial score (nSPS) is 15.8. The Hall–Kier alpha value is -2.34. The average molecular weight is 376 g/mol. The van der Waals surface area contributed by atoms with Gasteiger partial charge in [0.05, 0.1) is 5.56 Å². The summed E-state index contributed by atoms with van der Waals surface area (Å²) in [5.41, 5.74) is 2.11. The predicted octanol–water partition coefficient (Wildman–Crippen LogP) is 4.62. The third-order valence-electron chi connectivity index (χ3n) is 4.94. The summed E-state index contributed by atoms with van der Waals surface area (Å²) in [4.78, 5) is 16.1. The molecule has 0 spiro atoms. The molecule has 2 aromatic carbocycles. The number of carbonyl (C=O) groups is 1. The molecule has 1 aliphatic heterocycles. The van der Waals surface area contributed by atoms with Crippen LogP contribution < -0.4 is 4.90 Å². The van der Waals surface area contributed by atoms with Crippen molar-refractivity contribution in [3.05, 3.63) is 65.2 Å². The van der Waals surface area contributed by atoms with Crippen LogP contribution in [-0.4, -0.2) is 36.9 Å². The van der Waals surface area contributed by atoms with Gasteiger partial charge in [0.15, 0.2) is 5.78 Å². The van der Waals surface area contributed by atoms with Crippen molar-refractivity contribution in [2.24, 2.45) is 0 Å². The molecule has 1 saturated heterocycles. The van der Waals surface area contributed by atoms with Gasteiger partial charge in [0, 0.05) is 50.4 Å². The number of Topliss-reactive ketones (excluding diaryl/α,β-unsaturated/α-hetero) is 1. The van der Waals surface area contributed by atoms with Crippen LogP contribution in [-0.2, 0) is 12.7 Å². The van der Waals surface area contributed by atoms with Crippen molar-refractivity contribution in [3.8, 4) is 0 Å². The first-order valence-corrected chi connectivity index (χ1v) is 9.13. The number of hydrogen-bond donors (Lipinski definition) is 0. The molecule has 0 bridgehead atoms. The van der Waals surface area contributed by atoms with Gasteiger partial charge in [-0.15, -0.1) is 0 Å². The Bertz CT molecular complexity index is 762. The van der Waals surface area contributed by atoms with Gasteiger partial charge < -0.3 is 4.90 Å². The fourth-order valence-electron chi connectivity index (χ4n) is 3.28. The van der Waals surface area contributed by atoms with Crippen LogP contribution in [0.4, 0.5) is 18.9 Å². The first-order valence-electron chi connectivity index (χ1n) is 9.13. The van der Waals surface area contributed by atoms with E-state index in [0.29, 0.717) is 6.42 Å². The minimum Gasteiger partial charge on any atom is -0.369 e. The van der Waals surface area contributed by atoms with E-state index in [1.165, 1.54) is 0 Å². The van der Waals surface area contributed by atoms with Gasteiger partial charge in [0.1, 0.15) is 0 Å². The Kier molecular flexibility index (Phi) is 5.85. The monoisotopic (exact) mass is 376 g/mol. The molecule has 3 rings (SSSR count). The molecular formula is C21H23F3N2O. The van der Waals surface area contributed by atoms with Crippen molar-refractivity contribution in [1.82, 2.24) is 4.90 Å². The van der Waals surface area contributed by atoms with Crippen LogP contribution in [0.15, 0.2) is 48.5 Å². The second-order valence-electron chi connectivity index (χ2n) is 6.78. The maximum absolute atomic E-state index is 12.7. The van der Waals surface area contributed by atoms with E-state index in [-0.39, 0.29) is 5.78 Å². The van der Waals surface area contributed by atoms with Crippen LogP contribution in [0.2, 0.25) is 0 Å². The highest BCUT2D eigenvalue weighted by Gasteiger charge is 2.30. The van der Waals surface area contributed by atoms with E-state index in [1.54, 1.807) is 12.1 Å². The third-order valence-corrected chi connectivity index (χ3v) is 4.94. The summed E-state index contributed by atoms with van der Waals surface area (Å²) < 4.78 is 38.0. The molecule has 1 heterocycles. The van der Waals surface area contributed by atoms with Crippen molar-refractivity contribution in [1.29, 1.82) is 0 Å². The lowest BCUT2D eigenvalue weighted by atomic mass is 10.1. The molecule has 144 valence electrons. The highest BCUT2D eigenvalue weighted by atomic mass is 19.4. The van der Waals surface area contributed by atoms with E-state index >= 15 is 0 Å². The SMILES string of the molecule is CCC(=O)c1ccc(CN2CCN(c3ccc(C(F)(F)F)cc3)CC2)cc1. The molecule has 0 saturated carbocycles. The first-order chi connectivity index (χ1) is 12.9. The number of rotatable bonds is 5. The zero-order valence-corrected chi connectivity index (χ0v) is 15.3. The molecule has 0 aliphatic carbocycles. The molecule has 0 aromatic heterocycles. The number of alkyl halides is 3. The number of piperazine rings is 1. The number of carbonyl (C=O) groups excluding carboxylic acids is 1. The summed E-state index contributed by atoms with van der Waals surface area (Å²) in [6, 6.07) is 13.1. The van der Waals surface area contributed by atoms with Gasteiger partial charge in [-0.25, -0.2) is 0 Å². The minimum absolute atomic E-state index is 0.145. The largest absolute Gasteiger partial charge is 0.416 e. The van der Waals surface area contributed by atoms with Crippen LogP contribution >= 0.6 is 0 Å². The van der Waals surface area contributed by atoms with Crippen LogP contribution in [0, 0.1) is 0 Å². The molecule has 1 fully saturated rings. The van der Waals surface area contributed by atoms with Gasteiger partial charge in [-0.1, -0.05) is 31.2 Å². The Morgan fingerprint density at radius 1 is 0.926 bits per heavy atom. The summed E-state index contributed by atoms with van der Waals surface area (Å²) in [5.74, 6) is 0.145. The second kappa shape index (κ2) is 8.13. The summed E-state index contributed by atoms with van der Waals surface area (Å²) in [6.45, 7) is 5.90. The fraction of sp³-hybridized carbons (Fsp3) is 0.381. The van der Waals surface area contributed by atoms with Crippen molar-refractivity contribution in [3.63, 3.8) is 0 Å². The molecule has 6 heteroatoms. The maximum Gasteiger partial charge on any atom is 0.416 e. The number of nitrogens with zero attached hydrogens (tertiary/aromatic N) is 2. The Morgan fingerprint density at radius 3 is 2.04 bits per heavy atom. The van der Waals surface area contributed by atoms with Gasteiger partial charge in [0.25, 0.3) is 0 Å². The third kappa shape index (κ3) is 4.89. The fourth-order valence-corrected chi connectivity index (χ4v) is 3.28. The summed E-state index contributed by atoms with van der Waals surface area (Å²) in [7, 11) is 0. The lowest BCUT2D eigenvalue weighted by molar-refractivity contribution is -0.137. The lowest BCUT2D eigenvalue weighted by Gasteiger charge is -2.36. The standard InChI is InChI=1S/C21H23F3N2O/c1-2-20(27)17-5-3-16(4-6-17)15-25-11-13-26(14-12-25)19-9-7-18(8-10-19)21(22,23)24/h3-10H,2,11-15H2,1H3. The molecule has 0 radical (unpaired) electrons. The quantitative estimate of drug-likeness (QED) is 0.712. The Labute approximate surface area is 157 Å². The van der Waals surface area contributed by atoms with Gasteiger partial charge in [-0.05, 0) is 29.8 Å². The van der Waals surface area contributed by atoms with E-state index in [9.17, 15) is 18.0 Å². The zero-order chi connectivity index (χ0) is 19.4. The van der Waals surface area contributed by atoms with E-state index in [2.05, 4.69) is 9.80 Å². The molecule has 3 nitrogen and oxygen atoms in total. The second-order valence-corrected chi connectivity index (χ2v) is 6.78. The summed E-state index contributed by atoms with van der Waals surface area (Å²) in [5, 5.41) is 0. The van der Waals surface area contributed by atoms with E-state index in [1.807, 2.05) is 31.2 Å². The summed E-state index contributed by atoms with van der Waals surface area (Å²) >= 11 is 0. The van der Waals surface area contributed by atoms with Crippen LogP contribution in [0.1, 0.15) is 34.8 Å². The summed E-state index contributed by atoms with van der Waals surface area (Å²) in [6.07, 6.45) is -3.79. The van der Waals surface area contributed by atoms with Crippen LogP contribution in [0.3, 0.4) is 0 Å². The van der Waals surface area contributed by atoms with Crippen molar-refractivity contribution in [2.75, 3.05) is 31.1 Å². The zero-order valence-electron chi connectivity index (χ0n) is 15.3. The first kappa shape index (κ1) is 19.4.